The zero-order valence-electron chi connectivity index (χ0n) is 35.7. The summed E-state index contributed by atoms with van der Waals surface area (Å²) < 4.78 is 0. The van der Waals surface area contributed by atoms with Crippen molar-refractivity contribution in [1.29, 1.82) is 0 Å². The van der Waals surface area contributed by atoms with Crippen molar-refractivity contribution in [2.75, 3.05) is 11.9 Å². The molecule has 5 aromatic rings. The number of aliphatic carboxylic acids is 1. The number of carbonyl (C=O) groups is 7. The summed E-state index contributed by atoms with van der Waals surface area (Å²) in [5, 5.41) is 26.1. The van der Waals surface area contributed by atoms with Crippen molar-refractivity contribution in [3.05, 3.63) is 148 Å². The highest BCUT2D eigenvalue weighted by molar-refractivity contribution is 7.09. The first-order valence-electron chi connectivity index (χ1n) is 21.8. The van der Waals surface area contributed by atoms with Gasteiger partial charge in [0.1, 0.15) is 30.2 Å². The van der Waals surface area contributed by atoms with Gasteiger partial charge < -0.3 is 36.6 Å². The highest BCUT2D eigenvalue weighted by atomic mass is 32.1. The Balaban J connectivity index is 1.23. The van der Waals surface area contributed by atoms with Crippen LogP contribution in [0.1, 0.15) is 53.7 Å². The summed E-state index contributed by atoms with van der Waals surface area (Å²) in [4.78, 5) is 98.6. The number of aryl methyl sites for hydroxylation is 1. The number of rotatable bonds is 9. The smallest absolute Gasteiger partial charge is 0.326 e. The lowest BCUT2D eigenvalue weighted by Crippen LogP contribution is -2.60. The van der Waals surface area contributed by atoms with Crippen molar-refractivity contribution < 1.29 is 38.7 Å². The average molecular weight is 897 g/mol. The Morgan fingerprint density at radius 2 is 1.17 bits per heavy atom. The Labute approximate surface area is 381 Å². The number of nitrogens with zero attached hydrogens (tertiary/aromatic N) is 1. The van der Waals surface area contributed by atoms with Gasteiger partial charge in [-0.15, -0.1) is 11.3 Å². The standard InChI is InChI=1S/C50H52N6O8S/c57-44-25-26-45(58)52-42(31-38-13-8-28-65-38)48(61)55-41(30-34-15-20-36(21-16-34)35-11-5-2-6-12-35)47(60)54-40(29-33-9-3-1-4-10-33)46(59)53-39(24-19-32-17-22-37(51-44)23-18-32)49(62)56-27-7-14-43(56)50(63)64/h1-6,8-13,15-18,20-23,28,39-43H,7,14,19,24-27,29-31H2,(H,51,57)(H,52,58)(H,53,59)(H,54,60)(H,55,61)(H,63,64)/t39-,40+,41-,42+,43+/m0/s1. The van der Waals surface area contributed by atoms with E-state index in [-0.39, 0.29) is 51.5 Å². The lowest BCUT2D eigenvalue weighted by Gasteiger charge is -2.29. The van der Waals surface area contributed by atoms with E-state index in [0.29, 0.717) is 29.7 Å². The monoisotopic (exact) mass is 896 g/mol. The van der Waals surface area contributed by atoms with E-state index in [0.717, 1.165) is 21.6 Å². The third-order valence-electron chi connectivity index (χ3n) is 11.7. The summed E-state index contributed by atoms with van der Waals surface area (Å²) in [5.41, 5.74) is 4.63. The molecule has 6 amide bonds. The lowest BCUT2D eigenvalue weighted by atomic mass is 9.98. The van der Waals surface area contributed by atoms with E-state index < -0.39 is 71.6 Å². The fraction of sp³-hybridized carbons (Fsp3) is 0.300. The zero-order chi connectivity index (χ0) is 45.7. The molecule has 1 aromatic heterocycles. The van der Waals surface area contributed by atoms with E-state index in [2.05, 4.69) is 26.6 Å². The molecule has 3 aliphatic rings. The van der Waals surface area contributed by atoms with Crippen LogP contribution in [-0.4, -0.2) is 88.2 Å². The number of anilines is 1. The number of fused-ring (bicyclic) bond motifs is 19. The predicted octanol–water partition coefficient (Wildman–Crippen LogP) is 4.82. The molecule has 0 spiro atoms. The number of benzene rings is 4. The zero-order valence-corrected chi connectivity index (χ0v) is 36.6. The van der Waals surface area contributed by atoms with E-state index in [1.165, 1.54) is 16.2 Å². The average Bonchev–Trinajstić information content (AvgIpc) is 4.03. The fourth-order valence-electron chi connectivity index (χ4n) is 8.15. The van der Waals surface area contributed by atoms with Crippen LogP contribution in [0.2, 0.25) is 0 Å². The number of hydrogen-bond donors (Lipinski definition) is 6. The third kappa shape index (κ3) is 12.8. The Bertz CT molecular complexity index is 2450. The van der Waals surface area contributed by atoms with Crippen LogP contribution >= 0.6 is 11.3 Å². The van der Waals surface area contributed by atoms with Crippen molar-refractivity contribution in [1.82, 2.24) is 26.2 Å². The van der Waals surface area contributed by atoms with Crippen LogP contribution in [0.5, 0.6) is 0 Å². The minimum atomic E-state index is -1.25. The largest absolute Gasteiger partial charge is 0.480 e. The van der Waals surface area contributed by atoms with E-state index >= 15 is 0 Å². The molecule has 5 atom stereocenters. The minimum Gasteiger partial charge on any atom is -0.480 e. The molecule has 1 fully saturated rings. The van der Waals surface area contributed by atoms with Gasteiger partial charge in [0.05, 0.1) is 0 Å². The second kappa shape index (κ2) is 22.0. The molecular formula is C50H52N6O8S. The quantitative estimate of drug-likeness (QED) is 0.113. The maximum atomic E-state index is 14.7. The number of thiophene rings is 1. The van der Waals surface area contributed by atoms with Gasteiger partial charge in [0.15, 0.2) is 0 Å². The van der Waals surface area contributed by atoms with Crippen LogP contribution in [0.3, 0.4) is 0 Å². The summed E-state index contributed by atoms with van der Waals surface area (Å²) in [6.07, 6.45) is 0.952. The van der Waals surface area contributed by atoms with Crippen LogP contribution in [0.4, 0.5) is 5.69 Å². The number of carboxylic acid groups (broad SMARTS) is 1. The van der Waals surface area contributed by atoms with Gasteiger partial charge in [-0.2, -0.15) is 0 Å². The van der Waals surface area contributed by atoms with Crippen molar-refractivity contribution >= 4 is 58.4 Å². The first kappa shape index (κ1) is 45.9. The topological polar surface area (TPSA) is 203 Å². The number of likely N-dealkylation sites (tertiary alicyclic amines) is 1. The molecule has 0 aliphatic carbocycles. The summed E-state index contributed by atoms with van der Waals surface area (Å²) >= 11 is 1.40. The highest BCUT2D eigenvalue weighted by Gasteiger charge is 2.39. The van der Waals surface area contributed by atoms with Crippen molar-refractivity contribution in [2.24, 2.45) is 0 Å². The molecule has 4 heterocycles. The molecule has 3 aliphatic heterocycles. The van der Waals surface area contributed by atoms with E-state index in [9.17, 15) is 38.7 Å². The van der Waals surface area contributed by atoms with E-state index in [1.54, 1.807) is 36.4 Å². The van der Waals surface area contributed by atoms with Crippen molar-refractivity contribution in [2.45, 2.75) is 88.0 Å². The molecule has 65 heavy (non-hydrogen) atoms. The molecule has 0 saturated carbocycles. The first-order chi connectivity index (χ1) is 31.5. The number of nitrogens with one attached hydrogen (secondary N) is 5. The number of carbonyl (C=O) groups excluding carboxylic acids is 6. The van der Waals surface area contributed by atoms with Crippen molar-refractivity contribution in [3.8, 4) is 11.1 Å². The molecule has 8 rings (SSSR count). The summed E-state index contributed by atoms with van der Waals surface area (Å²) in [7, 11) is 0. The molecule has 336 valence electrons. The SMILES string of the molecule is O=C1CCC(=O)N[C@H](Cc2cccs2)C(=O)N[C@@H](Cc2ccc(-c3ccccc3)cc2)C(=O)N[C@H](Cc2ccccc2)C(=O)N[C@H](C(=O)N2CCC[C@@H]2C(=O)O)CCc2ccc(cc2)N1. The maximum absolute atomic E-state index is 14.7. The van der Waals surface area contributed by atoms with Crippen LogP contribution in [-0.2, 0) is 59.2 Å². The van der Waals surface area contributed by atoms with Crippen LogP contribution in [0, 0.1) is 0 Å². The predicted molar refractivity (Wildman–Crippen MR) is 246 cm³/mol. The van der Waals surface area contributed by atoms with Gasteiger partial charge in [0, 0.05) is 49.2 Å². The number of carboxylic acids is 1. The number of hydrogen-bond acceptors (Lipinski definition) is 8. The molecule has 6 N–H and O–H groups in total. The van der Waals surface area contributed by atoms with E-state index in [1.807, 2.05) is 90.3 Å². The van der Waals surface area contributed by atoms with Gasteiger partial charge in [-0.25, -0.2) is 4.79 Å². The molecule has 2 bridgehead atoms. The Kier molecular flexibility index (Phi) is 15.5. The molecule has 14 nitrogen and oxygen atoms in total. The van der Waals surface area contributed by atoms with Crippen molar-refractivity contribution in [3.63, 3.8) is 0 Å². The number of amides is 6. The van der Waals surface area contributed by atoms with Gasteiger partial charge in [-0.1, -0.05) is 103 Å². The Hall–Kier alpha value is -7.13. The summed E-state index contributed by atoms with van der Waals surface area (Å²) in [6.45, 7) is 0.211. The second-order valence-corrected chi connectivity index (χ2v) is 17.4. The Morgan fingerprint density at radius 3 is 1.80 bits per heavy atom. The minimum absolute atomic E-state index is 0.0112. The molecule has 15 heteroatoms. The fourth-order valence-corrected chi connectivity index (χ4v) is 8.90. The molecule has 1 saturated heterocycles. The molecule has 0 unspecified atom stereocenters. The summed E-state index contributed by atoms with van der Waals surface area (Å²) in [5.74, 6) is -4.63. The van der Waals surface area contributed by atoms with Gasteiger partial charge in [-0.05, 0) is 77.1 Å². The van der Waals surface area contributed by atoms with Crippen LogP contribution < -0.4 is 26.6 Å². The van der Waals surface area contributed by atoms with E-state index in [4.69, 9.17) is 0 Å². The third-order valence-corrected chi connectivity index (χ3v) is 12.6. The second-order valence-electron chi connectivity index (χ2n) is 16.4. The maximum Gasteiger partial charge on any atom is 0.326 e. The summed E-state index contributed by atoms with van der Waals surface area (Å²) in [6, 6.07) is 31.2. The molecule has 4 aromatic carbocycles. The Morgan fingerprint density at radius 1 is 0.585 bits per heavy atom. The van der Waals surface area contributed by atoms with Gasteiger partial charge >= 0.3 is 5.97 Å². The van der Waals surface area contributed by atoms with Gasteiger partial charge in [0.25, 0.3) is 0 Å². The highest BCUT2D eigenvalue weighted by Crippen LogP contribution is 2.23. The van der Waals surface area contributed by atoms with Crippen LogP contribution in [0.15, 0.2) is 127 Å². The molecule has 0 radical (unpaired) electrons. The normalized spacial score (nSPS) is 21.4. The van der Waals surface area contributed by atoms with Gasteiger partial charge in [-0.3, -0.25) is 28.8 Å². The first-order valence-corrected chi connectivity index (χ1v) is 22.7. The van der Waals surface area contributed by atoms with Crippen LogP contribution in [0.25, 0.3) is 11.1 Å². The molecular weight excluding hydrogens is 845 g/mol. The van der Waals surface area contributed by atoms with Gasteiger partial charge in [0.2, 0.25) is 35.4 Å². The lowest BCUT2D eigenvalue weighted by molar-refractivity contribution is -0.149.